The lowest BCUT2D eigenvalue weighted by Gasteiger charge is -2.46. The molecule has 2 aromatic carbocycles. The van der Waals surface area contributed by atoms with Crippen LogP contribution in [-0.2, 0) is 19.9 Å². The summed E-state index contributed by atoms with van der Waals surface area (Å²) in [7, 11) is 0. The lowest BCUT2D eigenvalue weighted by molar-refractivity contribution is -0.142. The minimum absolute atomic E-state index is 0.0888. The van der Waals surface area contributed by atoms with E-state index in [1.165, 1.54) is 15.6 Å². The molecule has 2 atom stereocenters. The van der Waals surface area contributed by atoms with Gasteiger partial charge in [0, 0.05) is 50.2 Å². The van der Waals surface area contributed by atoms with Gasteiger partial charge in [-0.3, -0.25) is 18.7 Å². The van der Waals surface area contributed by atoms with Crippen LogP contribution in [0.5, 0.6) is 0 Å². The molecule has 9 heteroatoms. The van der Waals surface area contributed by atoms with Gasteiger partial charge in [0.05, 0.1) is 0 Å². The van der Waals surface area contributed by atoms with Crippen molar-refractivity contribution >= 4 is 59.0 Å². The number of halogens is 1. The molecule has 0 bridgehead atoms. The summed E-state index contributed by atoms with van der Waals surface area (Å²) >= 11 is 12.6. The molecule has 0 aliphatic carbocycles. The van der Waals surface area contributed by atoms with Crippen LogP contribution in [0.1, 0.15) is 36.0 Å². The second kappa shape index (κ2) is 9.92. The van der Waals surface area contributed by atoms with E-state index in [0.717, 1.165) is 29.9 Å². The zero-order chi connectivity index (χ0) is 25.4. The minimum atomic E-state index is -1.03. The summed E-state index contributed by atoms with van der Waals surface area (Å²) < 4.78 is 1.42. The van der Waals surface area contributed by atoms with Crippen molar-refractivity contribution in [1.29, 1.82) is 0 Å². The van der Waals surface area contributed by atoms with Crippen molar-refractivity contribution in [2.45, 2.75) is 24.8 Å². The summed E-state index contributed by atoms with van der Waals surface area (Å²) in [6.07, 6.45) is 0.0888. The first-order chi connectivity index (χ1) is 17.3. The Kier molecular flexibility index (Phi) is 6.85. The Morgan fingerprint density at radius 3 is 2.31 bits per heavy atom. The number of thiophene rings is 1. The average molecular weight is 540 g/mol. The third-order valence-electron chi connectivity index (χ3n) is 7.22. The molecule has 3 heterocycles. The number of amides is 2. The Bertz CT molecular complexity index is 1290. The second-order valence-corrected chi connectivity index (χ2v) is 10.7. The number of thiol groups is 1. The Morgan fingerprint density at radius 2 is 1.69 bits per heavy atom. The van der Waals surface area contributed by atoms with Crippen LogP contribution in [0, 0.1) is 0 Å². The first-order valence-corrected chi connectivity index (χ1v) is 13.5. The molecule has 2 aliphatic rings. The highest BCUT2D eigenvalue weighted by Crippen LogP contribution is 2.48. The maximum absolute atomic E-state index is 13.7. The topological polar surface area (TPSA) is 60.9 Å². The fourth-order valence-corrected chi connectivity index (χ4v) is 6.62. The molecule has 36 heavy (non-hydrogen) atoms. The highest BCUT2D eigenvalue weighted by Gasteiger charge is 2.52. The number of hydrogen-bond donors (Lipinski definition) is 1. The standard InChI is InChI=1S/C27H26ClN3O3S2/c1-18(32)29-11-13-30(14-12-29)21-8-6-19(7-9-21)27(20-10-15-36-17-20)16-24(33)25(26(34)31(27)35)22-4-2-3-5-23(22)28/h2-10,15,17,25,35H,11-14,16H2,1H3. The smallest absolute Gasteiger partial charge is 0.248 e. The first-order valence-electron chi connectivity index (χ1n) is 11.8. The number of rotatable bonds is 4. The molecular formula is C27H26ClN3O3S2. The Morgan fingerprint density at radius 1 is 1.00 bits per heavy atom. The van der Waals surface area contributed by atoms with Gasteiger partial charge in [0.15, 0.2) is 5.78 Å². The molecule has 2 saturated heterocycles. The van der Waals surface area contributed by atoms with E-state index in [2.05, 4.69) is 4.90 Å². The molecule has 0 saturated carbocycles. The summed E-state index contributed by atoms with van der Waals surface area (Å²) in [6, 6.07) is 16.9. The lowest BCUT2D eigenvalue weighted by atomic mass is 9.73. The summed E-state index contributed by atoms with van der Waals surface area (Å²) in [6.45, 7) is 4.48. The fourth-order valence-electron chi connectivity index (χ4n) is 5.24. The van der Waals surface area contributed by atoms with Crippen molar-refractivity contribution in [3.8, 4) is 0 Å². The predicted octanol–water partition coefficient (Wildman–Crippen LogP) is 4.74. The van der Waals surface area contributed by atoms with Crippen LogP contribution in [0.3, 0.4) is 0 Å². The monoisotopic (exact) mass is 539 g/mol. The van der Waals surface area contributed by atoms with Crippen LogP contribution in [0.4, 0.5) is 5.69 Å². The maximum atomic E-state index is 13.7. The van der Waals surface area contributed by atoms with Crippen LogP contribution >= 0.6 is 35.8 Å². The summed E-state index contributed by atoms with van der Waals surface area (Å²) in [5.74, 6) is -1.47. The first kappa shape index (κ1) is 24.9. The number of piperazine rings is 1. The van der Waals surface area contributed by atoms with Crippen molar-refractivity contribution < 1.29 is 14.4 Å². The van der Waals surface area contributed by atoms with Gasteiger partial charge < -0.3 is 9.80 Å². The number of hydrogen-bond acceptors (Lipinski definition) is 6. The van der Waals surface area contributed by atoms with Crippen LogP contribution < -0.4 is 4.90 Å². The van der Waals surface area contributed by atoms with Crippen LogP contribution in [0.15, 0.2) is 65.4 Å². The molecular weight excluding hydrogens is 514 g/mol. The number of Topliss-reactive ketones (excluding diaryl/α,β-unsaturated/α-hetero) is 1. The van der Waals surface area contributed by atoms with Gasteiger partial charge in [0.1, 0.15) is 11.5 Å². The highest BCUT2D eigenvalue weighted by atomic mass is 35.5. The molecule has 2 fully saturated rings. The number of anilines is 1. The molecule has 2 aliphatic heterocycles. The molecule has 2 unspecified atom stereocenters. The van der Waals surface area contributed by atoms with Crippen molar-refractivity contribution in [2.75, 3.05) is 31.1 Å². The van der Waals surface area contributed by atoms with E-state index in [0.29, 0.717) is 23.7 Å². The van der Waals surface area contributed by atoms with Gasteiger partial charge in [-0.2, -0.15) is 11.3 Å². The van der Waals surface area contributed by atoms with Gasteiger partial charge in [-0.25, -0.2) is 0 Å². The zero-order valence-corrected chi connectivity index (χ0v) is 22.2. The van der Waals surface area contributed by atoms with E-state index >= 15 is 0 Å². The second-order valence-electron chi connectivity index (χ2n) is 9.16. The van der Waals surface area contributed by atoms with Gasteiger partial charge in [0.2, 0.25) is 11.8 Å². The molecule has 0 N–H and O–H groups in total. The number of piperidine rings is 1. The minimum Gasteiger partial charge on any atom is -0.368 e. The van der Waals surface area contributed by atoms with Crippen LogP contribution in [0.2, 0.25) is 5.02 Å². The molecule has 6 nitrogen and oxygen atoms in total. The van der Waals surface area contributed by atoms with Gasteiger partial charge >= 0.3 is 0 Å². The van der Waals surface area contributed by atoms with Crippen molar-refractivity contribution in [3.63, 3.8) is 0 Å². The largest absolute Gasteiger partial charge is 0.368 e. The van der Waals surface area contributed by atoms with E-state index in [9.17, 15) is 14.4 Å². The molecule has 5 rings (SSSR count). The summed E-state index contributed by atoms with van der Waals surface area (Å²) in [5.41, 5.74) is 2.19. The Balaban J connectivity index is 1.49. The Labute approximate surface area is 225 Å². The van der Waals surface area contributed by atoms with Crippen LogP contribution in [-0.4, -0.2) is 53.0 Å². The lowest BCUT2D eigenvalue weighted by Crippen LogP contribution is -2.54. The number of carbonyl (C=O) groups is 3. The molecule has 1 aromatic heterocycles. The van der Waals surface area contributed by atoms with E-state index in [1.807, 2.05) is 46.0 Å². The molecule has 0 spiro atoms. The van der Waals surface area contributed by atoms with Crippen molar-refractivity contribution in [1.82, 2.24) is 9.21 Å². The summed E-state index contributed by atoms with van der Waals surface area (Å²) in [4.78, 5) is 43.1. The average Bonchev–Trinajstić information content (AvgIpc) is 3.43. The molecule has 2 amide bonds. The van der Waals surface area contributed by atoms with E-state index < -0.39 is 17.4 Å². The van der Waals surface area contributed by atoms with Crippen molar-refractivity contribution in [2.24, 2.45) is 0 Å². The van der Waals surface area contributed by atoms with Gasteiger partial charge in [0.25, 0.3) is 0 Å². The number of nitrogens with zero attached hydrogens (tertiary/aromatic N) is 3. The van der Waals surface area contributed by atoms with E-state index in [4.69, 9.17) is 24.4 Å². The normalized spacial score (nSPS) is 22.8. The van der Waals surface area contributed by atoms with Crippen molar-refractivity contribution in [3.05, 3.63) is 87.1 Å². The zero-order valence-electron chi connectivity index (χ0n) is 19.8. The van der Waals surface area contributed by atoms with Gasteiger partial charge in [-0.15, -0.1) is 0 Å². The third kappa shape index (κ3) is 4.21. The number of ketones is 1. The molecule has 0 radical (unpaired) electrons. The molecule has 3 aromatic rings. The van der Waals surface area contributed by atoms with Gasteiger partial charge in [-0.05, 0) is 51.7 Å². The maximum Gasteiger partial charge on any atom is 0.248 e. The molecule has 186 valence electrons. The fraction of sp³-hybridized carbons (Fsp3) is 0.296. The van der Waals surface area contributed by atoms with Gasteiger partial charge in [-0.1, -0.05) is 54.7 Å². The number of benzene rings is 2. The Hall–Kier alpha value is -2.81. The van der Waals surface area contributed by atoms with Crippen LogP contribution in [0.25, 0.3) is 0 Å². The van der Waals surface area contributed by atoms with E-state index in [1.54, 1.807) is 31.2 Å². The predicted molar refractivity (Wildman–Crippen MR) is 146 cm³/mol. The SMILES string of the molecule is CC(=O)N1CCN(c2ccc(C3(c4ccsc4)CC(=O)C(c4ccccc4Cl)C(=O)N3S)cc2)CC1. The highest BCUT2D eigenvalue weighted by molar-refractivity contribution is 7.78. The number of carbonyl (C=O) groups excluding carboxylic acids is 3. The third-order valence-corrected chi connectivity index (χ3v) is 8.79. The van der Waals surface area contributed by atoms with E-state index in [-0.39, 0.29) is 18.1 Å². The quantitative estimate of drug-likeness (QED) is 0.384. The summed E-state index contributed by atoms with van der Waals surface area (Å²) in [5, 5.41) is 4.30.